The quantitative estimate of drug-likeness (QED) is 0.367. The molecule has 0 aliphatic rings. The van der Waals surface area contributed by atoms with Gasteiger partial charge in [0.05, 0.1) is 28.7 Å². The van der Waals surface area contributed by atoms with Crippen molar-refractivity contribution < 1.29 is 9.53 Å². The lowest BCUT2D eigenvalue weighted by molar-refractivity contribution is 0.0517. The maximum Gasteiger partial charge on any atom is 0.338 e. The highest BCUT2D eigenvalue weighted by molar-refractivity contribution is 7.78. The molecule has 5 nitrogen and oxygen atoms in total. The molecule has 0 aliphatic carbocycles. The number of isothiocyanates is 1. The standard InChI is InChI=1S/C15H13N3O2S/c1-11-2-4-17-13(8-11)14-9-12(3-5-18-14)15(19)20-7-6-16-10-21/h2-5,8-9H,6-7H2,1H3. The zero-order valence-electron chi connectivity index (χ0n) is 11.4. The third-order valence-corrected chi connectivity index (χ3v) is 2.80. The highest BCUT2D eigenvalue weighted by Crippen LogP contribution is 2.16. The molecule has 0 fully saturated rings. The first-order chi connectivity index (χ1) is 10.2. The molecular formula is C15H13N3O2S. The molecule has 0 aliphatic heterocycles. The van der Waals surface area contributed by atoms with Crippen molar-refractivity contribution in [3.63, 3.8) is 0 Å². The monoisotopic (exact) mass is 299 g/mol. The van der Waals surface area contributed by atoms with E-state index in [0.717, 1.165) is 11.3 Å². The Balaban J connectivity index is 2.14. The number of carbonyl (C=O) groups is 1. The Bertz CT molecular complexity index is 697. The number of aromatic nitrogens is 2. The SMILES string of the molecule is Cc1ccnc(-c2cc(C(=O)OCCN=C=S)ccn2)c1. The van der Waals surface area contributed by atoms with E-state index in [-0.39, 0.29) is 6.61 Å². The van der Waals surface area contributed by atoms with Crippen LogP contribution in [0.1, 0.15) is 15.9 Å². The molecule has 0 unspecified atom stereocenters. The second-order valence-electron chi connectivity index (χ2n) is 4.26. The second kappa shape index (κ2) is 7.38. The van der Waals surface area contributed by atoms with Gasteiger partial charge in [0, 0.05) is 12.4 Å². The molecule has 106 valence electrons. The summed E-state index contributed by atoms with van der Waals surface area (Å²) in [6.45, 7) is 2.45. The van der Waals surface area contributed by atoms with Crippen LogP contribution in [0.15, 0.2) is 41.7 Å². The average molecular weight is 299 g/mol. The van der Waals surface area contributed by atoms with E-state index < -0.39 is 5.97 Å². The molecule has 2 heterocycles. The van der Waals surface area contributed by atoms with E-state index in [0.29, 0.717) is 17.8 Å². The fourth-order valence-corrected chi connectivity index (χ4v) is 1.78. The van der Waals surface area contributed by atoms with Crippen LogP contribution in [0.5, 0.6) is 0 Å². The van der Waals surface area contributed by atoms with Gasteiger partial charge < -0.3 is 4.74 Å². The van der Waals surface area contributed by atoms with Gasteiger partial charge in [-0.2, -0.15) is 0 Å². The fraction of sp³-hybridized carbons (Fsp3) is 0.200. The van der Waals surface area contributed by atoms with E-state index in [4.69, 9.17) is 4.74 Å². The van der Waals surface area contributed by atoms with Crippen LogP contribution in [-0.2, 0) is 4.74 Å². The highest BCUT2D eigenvalue weighted by Gasteiger charge is 2.10. The van der Waals surface area contributed by atoms with Crippen LogP contribution in [0, 0.1) is 6.92 Å². The fourth-order valence-electron chi connectivity index (χ4n) is 1.69. The van der Waals surface area contributed by atoms with E-state index in [9.17, 15) is 4.79 Å². The molecule has 0 aromatic carbocycles. The molecule has 0 bridgehead atoms. The van der Waals surface area contributed by atoms with Gasteiger partial charge in [-0.05, 0) is 49.0 Å². The second-order valence-corrected chi connectivity index (χ2v) is 4.44. The third kappa shape index (κ3) is 4.27. The summed E-state index contributed by atoms with van der Waals surface area (Å²) in [5.74, 6) is -0.425. The topological polar surface area (TPSA) is 64.4 Å². The molecule has 0 atom stereocenters. The van der Waals surface area contributed by atoms with Crippen molar-refractivity contribution in [2.24, 2.45) is 4.99 Å². The lowest BCUT2D eigenvalue weighted by Gasteiger charge is -2.05. The van der Waals surface area contributed by atoms with Crippen molar-refractivity contribution in [2.75, 3.05) is 13.2 Å². The Labute approximate surface area is 127 Å². The van der Waals surface area contributed by atoms with Crippen molar-refractivity contribution in [3.05, 3.63) is 47.8 Å². The number of pyridine rings is 2. The summed E-state index contributed by atoms with van der Waals surface area (Å²) in [7, 11) is 0. The van der Waals surface area contributed by atoms with Gasteiger partial charge in [-0.15, -0.1) is 0 Å². The number of nitrogens with zero attached hydrogens (tertiary/aromatic N) is 3. The third-order valence-electron chi connectivity index (χ3n) is 2.67. The molecule has 6 heteroatoms. The minimum absolute atomic E-state index is 0.169. The van der Waals surface area contributed by atoms with Gasteiger partial charge in [-0.25, -0.2) is 9.79 Å². The van der Waals surface area contributed by atoms with Gasteiger partial charge in [0.15, 0.2) is 0 Å². The first-order valence-corrected chi connectivity index (χ1v) is 6.71. The van der Waals surface area contributed by atoms with Crippen LogP contribution in [0.25, 0.3) is 11.4 Å². The molecule has 2 rings (SSSR count). The molecule has 21 heavy (non-hydrogen) atoms. The predicted octanol–water partition coefficient (Wildman–Crippen LogP) is 2.71. The first-order valence-electron chi connectivity index (χ1n) is 6.30. The van der Waals surface area contributed by atoms with Crippen LogP contribution < -0.4 is 0 Å². The van der Waals surface area contributed by atoms with Gasteiger partial charge in [0.2, 0.25) is 0 Å². The van der Waals surface area contributed by atoms with Crippen LogP contribution in [0.2, 0.25) is 0 Å². The number of carbonyl (C=O) groups excluding carboxylic acids is 1. The van der Waals surface area contributed by atoms with E-state index in [2.05, 4.69) is 32.3 Å². The summed E-state index contributed by atoms with van der Waals surface area (Å²) in [6.07, 6.45) is 3.27. The lowest BCUT2D eigenvalue weighted by atomic mass is 10.1. The molecule has 0 spiro atoms. The number of rotatable bonds is 5. The van der Waals surface area contributed by atoms with E-state index in [1.807, 2.05) is 19.1 Å². The summed E-state index contributed by atoms with van der Waals surface area (Å²) in [5, 5.41) is 2.22. The summed E-state index contributed by atoms with van der Waals surface area (Å²) in [4.78, 5) is 24.1. The molecule has 0 amide bonds. The number of esters is 1. The van der Waals surface area contributed by atoms with Gasteiger partial charge in [-0.3, -0.25) is 9.97 Å². The van der Waals surface area contributed by atoms with Gasteiger partial charge in [0.1, 0.15) is 6.61 Å². The van der Waals surface area contributed by atoms with Crippen LogP contribution in [0.3, 0.4) is 0 Å². The zero-order valence-corrected chi connectivity index (χ0v) is 12.3. The molecule has 2 aromatic rings. The van der Waals surface area contributed by atoms with Crippen LogP contribution in [0.4, 0.5) is 0 Å². The van der Waals surface area contributed by atoms with Crippen molar-refractivity contribution >= 4 is 23.3 Å². The lowest BCUT2D eigenvalue weighted by Crippen LogP contribution is -2.08. The molecule has 0 saturated heterocycles. The number of aryl methyl sites for hydroxylation is 1. The van der Waals surface area contributed by atoms with Crippen LogP contribution in [-0.4, -0.2) is 34.3 Å². The maximum atomic E-state index is 11.9. The minimum Gasteiger partial charge on any atom is -0.460 e. The Kier molecular flexibility index (Phi) is 5.26. The predicted molar refractivity (Wildman–Crippen MR) is 82.4 cm³/mol. The molecule has 2 aromatic heterocycles. The number of aliphatic imine (C=N–C) groups is 1. The smallest absolute Gasteiger partial charge is 0.338 e. The Hall–Kier alpha value is -2.43. The van der Waals surface area contributed by atoms with E-state index in [1.54, 1.807) is 24.5 Å². The molecule has 0 N–H and O–H groups in total. The van der Waals surface area contributed by atoms with E-state index in [1.165, 1.54) is 0 Å². The molecule has 0 saturated carbocycles. The largest absolute Gasteiger partial charge is 0.460 e. The first kappa shape index (κ1) is 15.0. The van der Waals surface area contributed by atoms with Gasteiger partial charge >= 0.3 is 5.97 Å². The number of hydrogen-bond acceptors (Lipinski definition) is 6. The molecular weight excluding hydrogens is 286 g/mol. The Morgan fingerprint density at radius 3 is 2.71 bits per heavy atom. The summed E-state index contributed by atoms with van der Waals surface area (Å²) < 4.78 is 5.08. The van der Waals surface area contributed by atoms with Crippen LogP contribution >= 0.6 is 12.2 Å². The minimum atomic E-state index is -0.425. The van der Waals surface area contributed by atoms with E-state index >= 15 is 0 Å². The van der Waals surface area contributed by atoms with Crippen molar-refractivity contribution in [1.82, 2.24) is 9.97 Å². The summed E-state index contributed by atoms with van der Waals surface area (Å²) >= 11 is 4.43. The number of thiocarbonyl (C=S) groups is 1. The number of hydrogen-bond donors (Lipinski definition) is 0. The molecule has 0 radical (unpaired) electrons. The average Bonchev–Trinajstić information content (AvgIpc) is 2.51. The van der Waals surface area contributed by atoms with Crippen molar-refractivity contribution in [2.45, 2.75) is 6.92 Å². The highest BCUT2D eigenvalue weighted by atomic mass is 32.1. The summed E-state index contributed by atoms with van der Waals surface area (Å²) in [6, 6.07) is 7.07. The Morgan fingerprint density at radius 1 is 1.29 bits per heavy atom. The Morgan fingerprint density at radius 2 is 2.00 bits per heavy atom. The van der Waals surface area contributed by atoms with Gasteiger partial charge in [0.25, 0.3) is 0 Å². The van der Waals surface area contributed by atoms with Gasteiger partial charge in [-0.1, -0.05) is 0 Å². The maximum absolute atomic E-state index is 11.9. The summed E-state index contributed by atoms with van der Waals surface area (Å²) in [5.41, 5.74) is 2.85. The normalized spacial score (nSPS) is 9.76. The van der Waals surface area contributed by atoms with Crippen molar-refractivity contribution in [3.8, 4) is 11.4 Å². The zero-order chi connectivity index (χ0) is 15.1. The number of ether oxygens (including phenoxy) is 1. The van der Waals surface area contributed by atoms with Crippen molar-refractivity contribution in [1.29, 1.82) is 0 Å².